The lowest BCUT2D eigenvalue weighted by Crippen LogP contribution is -2.60. The number of aromatic amines is 1. The number of nitrogens with zero attached hydrogens (tertiary/aromatic N) is 3. The minimum absolute atomic E-state index is 0.0830. The molecule has 4 saturated heterocycles. The molecule has 1 aromatic heterocycles. The number of para-hydroxylation sites is 1. The number of nitrogens with one attached hydrogen (secondary N) is 1. The summed E-state index contributed by atoms with van der Waals surface area (Å²) in [6.07, 6.45) is 2.40. The maximum atomic E-state index is 13.7. The molecule has 2 bridgehead atoms. The van der Waals surface area contributed by atoms with Gasteiger partial charge >= 0.3 is 0 Å². The molecule has 142 valence electrons. The van der Waals surface area contributed by atoms with Crippen molar-refractivity contribution in [1.29, 1.82) is 0 Å². The highest BCUT2D eigenvalue weighted by molar-refractivity contribution is 6.05. The van der Waals surface area contributed by atoms with E-state index in [1.54, 1.807) is 0 Å². The van der Waals surface area contributed by atoms with Crippen molar-refractivity contribution in [1.82, 2.24) is 20.0 Å². The Morgan fingerprint density at radius 1 is 0.964 bits per heavy atom. The normalized spacial score (nSPS) is 31.3. The monoisotopic (exact) mass is 372 g/mol. The molecule has 4 aliphatic rings. The maximum absolute atomic E-state index is 13.7. The highest BCUT2D eigenvalue weighted by Crippen LogP contribution is 2.47. The number of rotatable bonds is 2. The van der Waals surface area contributed by atoms with Gasteiger partial charge in [0.05, 0.1) is 11.6 Å². The Morgan fingerprint density at radius 2 is 1.71 bits per heavy atom. The number of piperidine rings is 3. The lowest BCUT2D eigenvalue weighted by molar-refractivity contribution is -0.00352. The quantitative estimate of drug-likeness (QED) is 0.751. The fraction of sp³-hybridized carbons (Fsp3) is 0.391. The molecule has 0 aliphatic carbocycles. The third-order valence-electron chi connectivity index (χ3n) is 7.16. The number of carbonyl (C=O) groups excluding carboxylic acids is 1. The second-order valence-corrected chi connectivity index (χ2v) is 8.45. The van der Waals surface area contributed by atoms with Gasteiger partial charge in [-0.3, -0.25) is 14.8 Å². The molecular weight excluding hydrogens is 348 g/mol. The SMILES string of the molecule is O=C(c1n[nH]c2ccccc12)N1C[C@H](c2ccccc2)[C@@H]2[C@H]1C1CCN2CC1. The summed E-state index contributed by atoms with van der Waals surface area (Å²) in [5.41, 5.74) is 2.85. The average molecular weight is 372 g/mol. The van der Waals surface area contributed by atoms with E-state index in [2.05, 4.69) is 50.3 Å². The predicted molar refractivity (Wildman–Crippen MR) is 108 cm³/mol. The summed E-state index contributed by atoms with van der Waals surface area (Å²) in [5, 5.41) is 8.37. The van der Waals surface area contributed by atoms with Crippen LogP contribution in [-0.4, -0.2) is 57.6 Å². The molecule has 3 atom stereocenters. The molecule has 5 nitrogen and oxygen atoms in total. The van der Waals surface area contributed by atoms with E-state index < -0.39 is 0 Å². The van der Waals surface area contributed by atoms with Crippen molar-refractivity contribution in [2.24, 2.45) is 5.92 Å². The zero-order chi connectivity index (χ0) is 18.7. The van der Waals surface area contributed by atoms with E-state index in [-0.39, 0.29) is 5.91 Å². The number of carbonyl (C=O) groups is 1. The maximum Gasteiger partial charge on any atom is 0.275 e. The Kier molecular flexibility index (Phi) is 3.60. The molecule has 4 fully saturated rings. The zero-order valence-electron chi connectivity index (χ0n) is 15.8. The van der Waals surface area contributed by atoms with Crippen LogP contribution in [-0.2, 0) is 0 Å². The van der Waals surface area contributed by atoms with Crippen LogP contribution in [0.5, 0.6) is 0 Å². The van der Waals surface area contributed by atoms with Gasteiger partial charge in [-0.1, -0.05) is 48.5 Å². The Morgan fingerprint density at radius 3 is 2.54 bits per heavy atom. The second kappa shape index (κ2) is 6.17. The summed E-state index contributed by atoms with van der Waals surface area (Å²) in [6.45, 7) is 3.12. The molecule has 2 aromatic carbocycles. The van der Waals surface area contributed by atoms with E-state index in [4.69, 9.17) is 0 Å². The first-order valence-electron chi connectivity index (χ1n) is 10.3. The van der Waals surface area contributed by atoms with Crippen molar-refractivity contribution in [3.05, 3.63) is 65.9 Å². The van der Waals surface area contributed by atoms with Crippen LogP contribution in [0.15, 0.2) is 54.6 Å². The molecule has 28 heavy (non-hydrogen) atoms. The van der Waals surface area contributed by atoms with Crippen LogP contribution in [0.4, 0.5) is 0 Å². The van der Waals surface area contributed by atoms with E-state index in [9.17, 15) is 4.79 Å². The van der Waals surface area contributed by atoms with Crippen LogP contribution >= 0.6 is 0 Å². The third-order valence-corrected chi connectivity index (χ3v) is 7.16. The average Bonchev–Trinajstić information content (AvgIpc) is 3.38. The van der Waals surface area contributed by atoms with Gasteiger partial charge in [-0.25, -0.2) is 0 Å². The number of benzene rings is 2. The molecule has 4 aliphatic heterocycles. The molecule has 7 rings (SSSR count). The van der Waals surface area contributed by atoms with Gasteiger partial charge in [0.2, 0.25) is 0 Å². The van der Waals surface area contributed by atoms with Gasteiger partial charge in [0.25, 0.3) is 5.91 Å². The van der Waals surface area contributed by atoms with Crippen LogP contribution in [0, 0.1) is 5.92 Å². The van der Waals surface area contributed by atoms with Crippen LogP contribution < -0.4 is 0 Å². The molecule has 0 spiro atoms. The van der Waals surface area contributed by atoms with Crippen LogP contribution in [0.25, 0.3) is 10.9 Å². The van der Waals surface area contributed by atoms with Gasteiger partial charge in [0.1, 0.15) is 0 Å². The molecule has 5 heteroatoms. The van der Waals surface area contributed by atoms with Crippen LogP contribution in [0.1, 0.15) is 34.8 Å². The summed E-state index contributed by atoms with van der Waals surface area (Å²) in [6, 6.07) is 19.4. The Hall–Kier alpha value is -2.66. The number of hydrogen-bond acceptors (Lipinski definition) is 3. The van der Waals surface area contributed by atoms with Crippen molar-refractivity contribution >= 4 is 16.8 Å². The fourth-order valence-corrected chi connectivity index (χ4v) is 5.91. The van der Waals surface area contributed by atoms with Crippen molar-refractivity contribution in [3.63, 3.8) is 0 Å². The molecule has 0 saturated carbocycles. The molecule has 0 unspecified atom stereocenters. The van der Waals surface area contributed by atoms with E-state index >= 15 is 0 Å². The van der Waals surface area contributed by atoms with Gasteiger partial charge < -0.3 is 4.90 Å². The molecular formula is C23H24N4O. The number of hydrogen-bond donors (Lipinski definition) is 1. The van der Waals surface area contributed by atoms with Crippen molar-refractivity contribution in [2.75, 3.05) is 19.6 Å². The van der Waals surface area contributed by atoms with Gasteiger partial charge in [-0.15, -0.1) is 0 Å². The lowest BCUT2D eigenvalue weighted by atomic mass is 9.75. The van der Waals surface area contributed by atoms with Gasteiger partial charge in [-0.05, 0) is 43.5 Å². The molecule has 5 heterocycles. The van der Waals surface area contributed by atoms with Gasteiger partial charge in [0, 0.05) is 23.9 Å². The van der Waals surface area contributed by atoms with E-state index in [1.165, 1.54) is 31.5 Å². The molecule has 0 radical (unpaired) electrons. The van der Waals surface area contributed by atoms with E-state index in [1.807, 2.05) is 24.3 Å². The first-order chi connectivity index (χ1) is 13.8. The minimum atomic E-state index is 0.0830. The Balaban J connectivity index is 1.42. The smallest absolute Gasteiger partial charge is 0.275 e. The second-order valence-electron chi connectivity index (χ2n) is 8.45. The van der Waals surface area contributed by atoms with E-state index in [0.717, 1.165) is 17.4 Å². The Labute approximate surface area is 164 Å². The highest BCUT2D eigenvalue weighted by Gasteiger charge is 2.54. The van der Waals surface area contributed by atoms with E-state index in [0.29, 0.717) is 29.6 Å². The summed E-state index contributed by atoms with van der Waals surface area (Å²) >= 11 is 0. The topological polar surface area (TPSA) is 52.2 Å². The standard InChI is InChI=1S/C23H24N4O/c28-23(20-17-8-4-5-9-19(17)24-25-20)27-14-18(15-6-2-1-3-7-15)22-21(27)16-10-12-26(22)13-11-16/h1-9,16,18,21-22H,10-14H2,(H,24,25)/t18-,21-,22-/m1/s1. The first-order valence-corrected chi connectivity index (χ1v) is 10.3. The van der Waals surface area contributed by atoms with Crippen molar-refractivity contribution in [2.45, 2.75) is 30.8 Å². The number of H-pyrrole nitrogens is 1. The number of aromatic nitrogens is 2. The first kappa shape index (κ1) is 16.3. The van der Waals surface area contributed by atoms with Crippen molar-refractivity contribution in [3.8, 4) is 0 Å². The zero-order valence-corrected chi connectivity index (χ0v) is 15.8. The largest absolute Gasteiger partial charge is 0.332 e. The molecule has 3 aromatic rings. The third kappa shape index (κ3) is 2.29. The van der Waals surface area contributed by atoms with Crippen LogP contribution in [0.3, 0.4) is 0 Å². The molecule has 1 N–H and O–H groups in total. The van der Waals surface area contributed by atoms with Crippen molar-refractivity contribution < 1.29 is 4.79 Å². The summed E-state index contributed by atoms with van der Waals surface area (Å²) in [4.78, 5) is 18.4. The lowest BCUT2D eigenvalue weighted by Gasteiger charge is -2.51. The predicted octanol–water partition coefficient (Wildman–Crippen LogP) is 3.27. The fourth-order valence-electron chi connectivity index (χ4n) is 5.91. The Bertz CT molecular complexity index is 1020. The summed E-state index contributed by atoms with van der Waals surface area (Å²) < 4.78 is 0. The van der Waals surface area contributed by atoms with Gasteiger partial charge in [-0.2, -0.15) is 5.10 Å². The molecule has 1 amide bonds. The number of likely N-dealkylation sites (tertiary alicyclic amines) is 1. The number of amides is 1. The van der Waals surface area contributed by atoms with Crippen LogP contribution in [0.2, 0.25) is 0 Å². The summed E-state index contributed by atoms with van der Waals surface area (Å²) in [5.74, 6) is 1.07. The van der Waals surface area contributed by atoms with Gasteiger partial charge in [0.15, 0.2) is 5.69 Å². The summed E-state index contributed by atoms with van der Waals surface area (Å²) in [7, 11) is 0. The number of fused-ring (bicyclic) bond motifs is 3. The highest BCUT2D eigenvalue weighted by atomic mass is 16.2. The minimum Gasteiger partial charge on any atom is -0.332 e.